The van der Waals surface area contributed by atoms with Crippen molar-refractivity contribution in [3.63, 3.8) is 0 Å². The van der Waals surface area contributed by atoms with Crippen molar-refractivity contribution in [1.82, 2.24) is 10.2 Å². The highest BCUT2D eigenvalue weighted by molar-refractivity contribution is 5.75. The van der Waals surface area contributed by atoms with Crippen LogP contribution < -0.4 is 10.1 Å². The van der Waals surface area contributed by atoms with Crippen LogP contribution in [-0.2, 0) is 33.4 Å². The number of likely N-dealkylation sites (tertiary alicyclic amines) is 1. The third-order valence-corrected chi connectivity index (χ3v) is 7.05. The molecule has 1 saturated carbocycles. The number of nitrogens with zero attached hydrogens (tertiary/aromatic N) is 1. The maximum Gasteiger partial charge on any atom is 0.416 e. The molecule has 0 unspecified atom stereocenters. The number of carbonyl (C=O) groups excluding carboxylic acids is 1. The van der Waals surface area contributed by atoms with E-state index in [9.17, 15) is 22.4 Å². The van der Waals surface area contributed by atoms with Gasteiger partial charge in [0.25, 0.3) is 0 Å². The van der Waals surface area contributed by atoms with Gasteiger partial charge >= 0.3 is 12.1 Å². The van der Waals surface area contributed by atoms with Crippen molar-refractivity contribution < 1.29 is 36.6 Å². The predicted octanol–water partition coefficient (Wildman–Crippen LogP) is 4.45. The van der Waals surface area contributed by atoms with Crippen molar-refractivity contribution in [2.24, 2.45) is 11.8 Å². The van der Waals surface area contributed by atoms with Crippen LogP contribution in [0.3, 0.4) is 0 Å². The van der Waals surface area contributed by atoms with Gasteiger partial charge in [0.15, 0.2) is 6.10 Å². The first-order valence-electron chi connectivity index (χ1n) is 13.0. The number of fused-ring (bicyclic) bond motifs is 1. The third kappa shape index (κ3) is 7.24. The Morgan fingerprint density at radius 2 is 1.79 bits per heavy atom. The van der Waals surface area contributed by atoms with Gasteiger partial charge in [-0.1, -0.05) is 12.1 Å². The number of nitrogens with one attached hydrogen (secondary N) is 1. The van der Waals surface area contributed by atoms with Crippen LogP contribution in [-0.4, -0.2) is 62.5 Å². The lowest BCUT2D eigenvalue weighted by Gasteiger charge is -2.21. The van der Waals surface area contributed by atoms with Gasteiger partial charge < -0.3 is 19.5 Å². The summed E-state index contributed by atoms with van der Waals surface area (Å²) in [7, 11) is 0. The molecule has 0 spiro atoms. The molecule has 2 aromatic carbocycles. The van der Waals surface area contributed by atoms with E-state index in [2.05, 4.69) is 5.32 Å². The number of carbonyl (C=O) groups is 1. The van der Waals surface area contributed by atoms with Crippen molar-refractivity contribution in [3.05, 3.63) is 65.0 Å². The molecule has 0 bridgehead atoms. The molecule has 6 nitrogen and oxygen atoms in total. The lowest BCUT2D eigenvalue weighted by Crippen LogP contribution is -2.33. The van der Waals surface area contributed by atoms with E-state index in [1.807, 2.05) is 36.1 Å². The first-order valence-corrected chi connectivity index (χ1v) is 13.0. The number of ether oxygens (including phenoxy) is 3. The van der Waals surface area contributed by atoms with Crippen molar-refractivity contribution in [2.45, 2.75) is 45.1 Å². The summed E-state index contributed by atoms with van der Waals surface area (Å²) in [5.41, 5.74) is 0.209. The van der Waals surface area contributed by atoms with E-state index in [4.69, 9.17) is 14.2 Å². The van der Waals surface area contributed by atoms with Gasteiger partial charge in [-0.3, -0.25) is 4.90 Å². The molecule has 1 aliphatic heterocycles. The molecule has 2 aliphatic rings. The Hall–Kier alpha value is -2.69. The fourth-order valence-electron chi connectivity index (χ4n) is 5.14. The molecule has 1 heterocycles. The quantitative estimate of drug-likeness (QED) is 0.231. The Labute approximate surface area is 220 Å². The van der Waals surface area contributed by atoms with E-state index in [1.165, 1.54) is 0 Å². The predicted molar refractivity (Wildman–Crippen MR) is 133 cm³/mol. The number of hydrogen-bond donors (Lipinski definition) is 1. The highest BCUT2D eigenvalue weighted by atomic mass is 19.4. The minimum Gasteiger partial charge on any atom is -0.492 e. The molecule has 208 valence electrons. The normalized spacial score (nSPS) is 21.7. The Kier molecular flexibility index (Phi) is 9.27. The topological polar surface area (TPSA) is 60.0 Å². The SMILES string of the molecule is CCOC(=O)[C@H](Cc1ccc(OCCN[C@H]2[C@@H]3CN(Cc4cc(C(F)(F)F)ccc4F)C[C@@H]32)cc1)OCC. The van der Waals surface area contributed by atoms with Crippen LogP contribution in [0.2, 0.25) is 0 Å². The summed E-state index contributed by atoms with van der Waals surface area (Å²) in [6.45, 7) is 7.12. The smallest absolute Gasteiger partial charge is 0.416 e. The molecule has 2 fully saturated rings. The molecule has 1 aliphatic carbocycles. The van der Waals surface area contributed by atoms with Crippen molar-refractivity contribution in [3.8, 4) is 5.75 Å². The van der Waals surface area contributed by atoms with Gasteiger partial charge in [0.05, 0.1) is 12.2 Å². The first-order chi connectivity index (χ1) is 18.2. The molecular formula is C28H34F4N2O4. The van der Waals surface area contributed by atoms with Gasteiger partial charge in [0.1, 0.15) is 18.2 Å². The first kappa shape index (κ1) is 28.3. The maximum atomic E-state index is 14.1. The second-order valence-corrected chi connectivity index (χ2v) is 9.70. The summed E-state index contributed by atoms with van der Waals surface area (Å²) in [5, 5.41) is 3.49. The number of esters is 1. The zero-order chi connectivity index (χ0) is 27.3. The standard InChI is InChI=1S/C28H34F4N2O4/c1-3-36-25(27(35)37-4-2)13-18-5-8-21(9-6-18)38-12-11-33-26-22-16-34(17-23(22)26)15-19-14-20(28(30,31)32)7-10-24(19)29/h5-10,14,22-23,25-26,33H,3-4,11-13,15-17H2,1-2H3/t22-,23+,25-,26+/m0/s1. The van der Waals surface area contributed by atoms with Gasteiger partial charge in [-0.15, -0.1) is 0 Å². The van der Waals surface area contributed by atoms with Crippen LogP contribution in [0.25, 0.3) is 0 Å². The fraction of sp³-hybridized carbons (Fsp3) is 0.536. The van der Waals surface area contributed by atoms with Crippen LogP contribution in [0.15, 0.2) is 42.5 Å². The highest BCUT2D eigenvalue weighted by Gasteiger charge is 2.55. The Morgan fingerprint density at radius 3 is 2.42 bits per heavy atom. The number of rotatable bonds is 13. The fourth-order valence-corrected chi connectivity index (χ4v) is 5.14. The van der Waals surface area contributed by atoms with Crippen LogP contribution in [0.5, 0.6) is 5.75 Å². The highest BCUT2D eigenvalue weighted by Crippen LogP contribution is 2.46. The summed E-state index contributed by atoms with van der Waals surface area (Å²) >= 11 is 0. The van der Waals surface area contributed by atoms with Crippen molar-refractivity contribution >= 4 is 5.97 Å². The Morgan fingerprint density at radius 1 is 1.08 bits per heavy atom. The summed E-state index contributed by atoms with van der Waals surface area (Å²) in [6.07, 6.45) is -4.68. The van der Waals surface area contributed by atoms with Gasteiger partial charge in [-0.25, -0.2) is 9.18 Å². The van der Waals surface area contributed by atoms with E-state index in [-0.39, 0.29) is 18.1 Å². The van der Waals surface area contributed by atoms with Crippen LogP contribution in [0, 0.1) is 17.7 Å². The Balaban J connectivity index is 1.15. The molecule has 2 aromatic rings. The second kappa shape index (κ2) is 12.4. The summed E-state index contributed by atoms with van der Waals surface area (Å²) in [6, 6.07) is 10.5. The van der Waals surface area contributed by atoms with Crippen molar-refractivity contribution in [1.29, 1.82) is 0 Å². The zero-order valence-corrected chi connectivity index (χ0v) is 21.6. The summed E-state index contributed by atoms with van der Waals surface area (Å²) in [5.74, 6) is 0.592. The molecule has 10 heteroatoms. The monoisotopic (exact) mass is 538 g/mol. The molecule has 38 heavy (non-hydrogen) atoms. The molecule has 1 N–H and O–H groups in total. The number of alkyl halides is 3. The largest absolute Gasteiger partial charge is 0.492 e. The van der Waals surface area contributed by atoms with Crippen LogP contribution in [0.4, 0.5) is 17.6 Å². The maximum absolute atomic E-state index is 14.1. The summed E-state index contributed by atoms with van der Waals surface area (Å²) < 4.78 is 69.3. The van der Waals surface area contributed by atoms with Gasteiger partial charge in [0, 0.05) is 50.8 Å². The average molecular weight is 539 g/mol. The molecule has 0 aromatic heterocycles. The van der Waals surface area contributed by atoms with E-state index < -0.39 is 23.7 Å². The number of hydrogen-bond acceptors (Lipinski definition) is 6. The zero-order valence-electron chi connectivity index (χ0n) is 21.6. The minimum atomic E-state index is -4.48. The molecule has 0 amide bonds. The number of benzene rings is 2. The van der Waals surface area contributed by atoms with Crippen molar-refractivity contribution in [2.75, 3.05) is 39.5 Å². The van der Waals surface area contributed by atoms with E-state index in [1.54, 1.807) is 6.92 Å². The van der Waals surface area contributed by atoms with Gasteiger partial charge in [-0.2, -0.15) is 13.2 Å². The summed E-state index contributed by atoms with van der Waals surface area (Å²) in [4.78, 5) is 14.1. The average Bonchev–Trinajstić information content (AvgIpc) is 3.32. The third-order valence-electron chi connectivity index (χ3n) is 7.05. The molecule has 4 rings (SSSR count). The lowest BCUT2D eigenvalue weighted by molar-refractivity contribution is -0.156. The van der Waals surface area contributed by atoms with Gasteiger partial charge in [0.2, 0.25) is 0 Å². The lowest BCUT2D eigenvalue weighted by atomic mass is 10.1. The molecule has 0 radical (unpaired) electrons. The van der Waals surface area contributed by atoms with E-state index in [0.717, 1.165) is 42.6 Å². The number of halogens is 4. The molecule has 1 saturated heterocycles. The second-order valence-electron chi connectivity index (χ2n) is 9.70. The van der Waals surface area contributed by atoms with Crippen LogP contribution >= 0.6 is 0 Å². The van der Waals surface area contributed by atoms with E-state index >= 15 is 0 Å². The molecular weight excluding hydrogens is 504 g/mol. The van der Waals surface area contributed by atoms with E-state index in [0.29, 0.717) is 50.7 Å². The molecule has 4 atom stereocenters. The number of piperidine rings is 1. The van der Waals surface area contributed by atoms with Crippen LogP contribution in [0.1, 0.15) is 30.5 Å². The van der Waals surface area contributed by atoms with Gasteiger partial charge in [-0.05, 0) is 61.6 Å². The Bertz CT molecular complexity index is 1070. The minimum absolute atomic E-state index is 0.0827.